The van der Waals surface area contributed by atoms with E-state index in [1.54, 1.807) is 4.90 Å². The van der Waals surface area contributed by atoms with Crippen LogP contribution in [0.25, 0.3) is 0 Å². The highest BCUT2D eigenvalue weighted by Gasteiger charge is 2.64. The lowest BCUT2D eigenvalue weighted by atomic mass is 9.82. The van der Waals surface area contributed by atoms with Crippen molar-refractivity contribution in [1.82, 2.24) is 9.80 Å². The third-order valence-corrected chi connectivity index (χ3v) is 6.54. The first-order chi connectivity index (χ1) is 13.4. The van der Waals surface area contributed by atoms with Crippen LogP contribution in [0, 0.1) is 5.41 Å². The Kier molecular flexibility index (Phi) is 5.40. The average molecular weight is 396 g/mol. The third kappa shape index (κ3) is 3.54. The summed E-state index contributed by atoms with van der Waals surface area (Å²) in [5, 5.41) is 0. The molecule has 2 aliphatic heterocycles. The maximum atomic E-state index is 14.3. The van der Waals surface area contributed by atoms with Gasteiger partial charge in [0.05, 0.1) is 18.8 Å². The number of halogens is 3. The van der Waals surface area contributed by atoms with Crippen molar-refractivity contribution in [3.8, 4) is 0 Å². The first kappa shape index (κ1) is 19.7. The van der Waals surface area contributed by atoms with Crippen molar-refractivity contribution in [2.45, 2.75) is 57.0 Å². The Balaban J connectivity index is 1.55. The van der Waals surface area contributed by atoms with E-state index in [-0.39, 0.29) is 38.2 Å². The predicted molar refractivity (Wildman–Crippen MR) is 98.5 cm³/mol. The molecule has 0 aromatic heterocycles. The SMILES string of the molecule is O=C(N1CCO[C@@H]2CCCC[C@H]21)[C@@]1(C(F)(F)F)CCN(Cc2ccccc2)C1. The second kappa shape index (κ2) is 7.67. The van der Waals surface area contributed by atoms with Crippen molar-refractivity contribution in [1.29, 1.82) is 0 Å². The Morgan fingerprint density at radius 2 is 1.89 bits per heavy atom. The number of fused-ring (bicyclic) bond motifs is 1. The second-order valence-electron chi connectivity index (χ2n) is 8.29. The van der Waals surface area contributed by atoms with E-state index in [0.717, 1.165) is 31.2 Å². The lowest BCUT2D eigenvalue weighted by molar-refractivity contribution is -0.229. The monoisotopic (exact) mass is 396 g/mol. The van der Waals surface area contributed by atoms with Gasteiger partial charge in [-0.2, -0.15) is 13.2 Å². The molecule has 0 bridgehead atoms. The maximum Gasteiger partial charge on any atom is 0.404 e. The molecule has 0 unspecified atom stereocenters. The van der Waals surface area contributed by atoms with Gasteiger partial charge >= 0.3 is 6.18 Å². The molecule has 3 atom stereocenters. The maximum absolute atomic E-state index is 14.3. The van der Waals surface area contributed by atoms with Gasteiger partial charge in [-0.3, -0.25) is 9.69 Å². The molecule has 1 amide bonds. The van der Waals surface area contributed by atoms with Crippen molar-refractivity contribution in [2.75, 3.05) is 26.2 Å². The second-order valence-corrected chi connectivity index (χ2v) is 8.29. The molecule has 154 valence electrons. The van der Waals surface area contributed by atoms with Crippen LogP contribution in [-0.2, 0) is 16.1 Å². The number of alkyl halides is 3. The van der Waals surface area contributed by atoms with Crippen molar-refractivity contribution in [3.63, 3.8) is 0 Å². The largest absolute Gasteiger partial charge is 0.404 e. The standard InChI is InChI=1S/C21H27F3N2O2/c22-21(23,24)20(10-11-25(15-20)14-16-6-2-1-3-7-16)19(27)26-12-13-28-18-9-5-4-8-17(18)26/h1-3,6-7,17-18H,4-5,8-15H2/t17-,18-,20-/m1/s1. The zero-order valence-electron chi connectivity index (χ0n) is 16.0. The van der Waals surface area contributed by atoms with E-state index >= 15 is 0 Å². The zero-order valence-corrected chi connectivity index (χ0v) is 16.0. The molecule has 3 aliphatic rings. The van der Waals surface area contributed by atoms with Gasteiger partial charge in [-0.15, -0.1) is 0 Å². The van der Waals surface area contributed by atoms with E-state index in [1.165, 1.54) is 4.90 Å². The molecule has 3 fully saturated rings. The van der Waals surface area contributed by atoms with Crippen LogP contribution in [0.5, 0.6) is 0 Å². The van der Waals surface area contributed by atoms with Crippen molar-refractivity contribution in [3.05, 3.63) is 35.9 Å². The molecular weight excluding hydrogens is 369 g/mol. The molecule has 0 spiro atoms. The topological polar surface area (TPSA) is 32.8 Å². The highest BCUT2D eigenvalue weighted by atomic mass is 19.4. The Morgan fingerprint density at radius 3 is 2.64 bits per heavy atom. The summed E-state index contributed by atoms with van der Waals surface area (Å²) in [5.74, 6) is -0.740. The Hall–Kier alpha value is -1.60. The summed E-state index contributed by atoms with van der Waals surface area (Å²) in [4.78, 5) is 16.6. The predicted octanol–water partition coefficient (Wildman–Crippen LogP) is 3.61. The number of morpholine rings is 1. The quantitative estimate of drug-likeness (QED) is 0.783. The number of amides is 1. The van der Waals surface area contributed by atoms with E-state index in [2.05, 4.69) is 0 Å². The molecule has 2 saturated heterocycles. The van der Waals surface area contributed by atoms with Gasteiger partial charge in [-0.1, -0.05) is 43.2 Å². The van der Waals surface area contributed by atoms with Gasteiger partial charge in [0.2, 0.25) is 5.91 Å². The Bertz CT molecular complexity index is 695. The molecule has 4 rings (SSSR count). The average Bonchev–Trinajstić information content (AvgIpc) is 3.13. The summed E-state index contributed by atoms with van der Waals surface area (Å²) in [5.41, 5.74) is -1.34. The number of nitrogens with zero attached hydrogens (tertiary/aromatic N) is 2. The van der Waals surface area contributed by atoms with Crippen LogP contribution in [0.1, 0.15) is 37.7 Å². The van der Waals surface area contributed by atoms with E-state index < -0.39 is 17.5 Å². The molecule has 1 saturated carbocycles. The van der Waals surface area contributed by atoms with E-state index in [1.807, 2.05) is 30.3 Å². The van der Waals surface area contributed by atoms with Crippen LogP contribution in [0.15, 0.2) is 30.3 Å². The van der Waals surface area contributed by atoms with Gasteiger partial charge in [0.25, 0.3) is 0 Å². The molecule has 1 aromatic carbocycles. The van der Waals surface area contributed by atoms with E-state index in [0.29, 0.717) is 13.2 Å². The van der Waals surface area contributed by atoms with Crippen LogP contribution in [-0.4, -0.2) is 60.3 Å². The summed E-state index contributed by atoms with van der Waals surface area (Å²) >= 11 is 0. The first-order valence-electron chi connectivity index (χ1n) is 10.2. The van der Waals surface area contributed by atoms with Crippen molar-refractivity contribution >= 4 is 5.91 Å². The lowest BCUT2D eigenvalue weighted by Gasteiger charge is -2.47. The minimum Gasteiger partial charge on any atom is -0.374 e. The van der Waals surface area contributed by atoms with Crippen LogP contribution in [0.3, 0.4) is 0 Å². The summed E-state index contributed by atoms with van der Waals surface area (Å²) in [6, 6.07) is 9.25. The molecule has 0 N–H and O–H groups in total. The number of carbonyl (C=O) groups is 1. The third-order valence-electron chi connectivity index (χ3n) is 6.54. The lowest BCUT2D eigenvalue weighted by Crippen LogP contribution is -2.61. The highest BCUT2D eigenvalue weighted by Crippen LogP contribution is 2.48. The number of carbonyl (C=O) groups excluding carboxylic acids is 1. The molecular formula is C21H27F3N2O2. The van der Waals surface area contributed by atoms with Gasteiger partial charge in [0.15, 0.2) is 5.41 Å². The van der Waals surface area contributed by atoms with Crippen molar-refractivity contribution < 1.29 is 22.7 Å². The van der Waals surface area contributed by atoms with Gasteiger partial charge in [0, 0.05) is 19.6 Å². The van der Waals surface area contributed by atoms with Gasteiger partial charge in [-0.05, 0) is 31.4 Å². The Morgan fingerprint density at radius 1 is 1.14 bits per heavy atom. The number of rotatable bonds is 3. The molecule has 4 nitrogen and oxygen atoms in total. The fraction of sp³-hybridized carbons (Fsp3) is 0.667. The Labute approximate surface area is 163 Å². The summed E-state index contributed by atoms with van der Waals surface area (Å²) in [7, 11) is 0. The number of benzene rings is 1. The molecule has 1 aliphatic carbocycles. The van der Waals surface area contributed by atoms with Crippen molar-refractivity contribution in [2.24, 2.45) is 5.41 Å². The minimum atomic E-state index is -4.56. The zero-order chi connectivity index (χ0) is 19.8. The van der Waals surface area contributed by atoms with E-state index in [4.69, 9.17) is 4.74 Å². The van der Waals surface area contributed by atoms with Crippen LogP contribution in [0.4, 0.5) is 13.2 Å². The minimum absolute atomic E-state index is 0.112. The van der Waals surface area contributed by atoms with Crippen LogP contribution in [0.2, 0.25) is 0 Å². The molecule has 1 aromatic rings. The van der Waals surface area contributed by atoms with Gasteiger partial charge in [0.1, 0.15) is 0 Å². The number of likely N-dealkylation sites (tertiary alicyclic amines) is 1. The number of hydrogen-bond donors (Lipinski definition) is 0. The van der Waals surface area contributed by atoms with Crippen LogP contribution < -0.4 is 0 Å². The number of ether oxygens (including phenoxy) is 1. The smallest absolute Gasteiger partial charge is 0.374 e. The molecule has 28 heavy (non-hydrogen) atoms. The summed E-state index contributed by atoms with van der Waals surface area (Å²) in [6.45, 7) is 1.03. The molecule has 7 heteroatoms. The summed E-state index contributed by atoms with van der Waals surface area (Å²) < 4.78 is 48.5. The normalized spacial score (nSPS) is 31.6. The molecule has 0 radical (unpaired) electrons. The number of hydrogen-bond acceptors (Lipinski definition) is 3. The summed E-state index contributed by atoms with van der Waals surface area (Å²) in [6.07, 6.45) is -1.33. The van der Waals surface area contributed by atoms with Gasteiger partial charge < -0.3 is 9.64 Å². The van der Waals surface area contributed by atoms with Gasteiger partial charge in [-0.25, -0.2) is 0 Å². The van der Waals surface area contributed by atoms with E-state index in [9.17, 15) is 18.0 Å². The fourth-order valence-electron chi connectivity index (χ4n) is 5.02. The first-order valence-corrected chi connectivity index (χ1v) is 10.2. The van der Waals surface area contributed by atoms with Crippen LogP contribution >= 0.6 is 0 Å². The highest BCUT2D eigenvalue weighted by molar-refractivity contribution is 5.85. The molecule has 2 heterocycles. The fourth-order valence-corrected chi connectivity index (χ4v) is 5.02.